The third-order valence-electron chi connectivity index (χ3n) is 1.22. The van der Waals surface area contributed by atoms with Crippen molar-refractivity contribution in [3.8, 4) is 0 Å². The van der Waals surface area contributed by atoms with Gasteiger partial charge in [0.25, 0.3) is 12.0 Å². The molecule has 2 N–H and O–H groups in total. The van der Waals surface area contributed by atoms with E-state index in [4.69, 9.17) is 0 Å². The molecular weight excluding hydrogens is 168 g/mol. The third-order valence-corrected chi connectivity index (χ3v) is 1.22. The lowest BCUT2D eigenvalue weighted by Crippen LogP contribution is -2.12. The van der Waals surface area contributed by atoms with Crippen LogP contribution >= 0.6 is 0 Å². The Morgan fingerprint density at radius 1 is 1.67 bits per heavy atom. The lowest BCUT2D eigenvalue weighted by molar-refractivity contribution is 0.146. The number of anilines is 1. The Morgan fingerprint density at radius 2 is 2.33 bits per heavy atom. The second-order valence-electron chi connectivity index (χ2n) is 2.07. The van der Waals surface area contributed by atoms with Gasteiger partial charge < -0.3 is 5.32 Å². The van der Waals surface area contributed by atoms with Crippen molar-refractivity contribution >= 4 is 5.95 Å². The fraction of sp³-hybridized carbons (Fsp3) is 0.333. The normalized spacial score (nSPS) is 10.3. The predicted octanol–water partition coefficient (Wildman–Crippen LogP) is 0.749. The van der Waals surface area contributed by atoms with Gasteiger partial charge in [0, 0.05) is 13.1 Å². The molecule has 0 saturated carbocycles. The maximum atomic E-state index is 12.0. The summed E-state index contributed by atoms with van der Waals surface area (Å²) in [6, 6.07) is 0.769. The van der Waals surface area contributed by atoms with Gasteiger partial charge in [-0.3, -0.25) is 9.78 Å². The fourth-order valence-electron chi connectivity index (χ4n) is 0.707. The standard InChI is InChI=1S/C6H7F2N3O/c1-9-6-10-3(5(7)8)2-4(12)11-6/h2,5H,1H3,(H2,9,10,11,12). The van der Waals surface area contributed by atoms with E-state index >= 15 is 0 Å². The summed E-state index contributed by atoms with van der Waals surface area (Å²) in [5.41, 5.74) is -1.12. The van der Waals surface area contributed by atoms with Crippen LogP contribution in [0.5, 0.6) is 0 Å². The zero-order valence-corrected chi connectivity index (χ0v) is 6.27. The molecule has 0 spiro atoms. The van der Waals surface area contributed by atoms with Gasteiger partial charge in [-0.2, -0.15) is 0 Å². The molecule has 4 nitrogen and oxygen atoms in total. The highest BCUT2D eigenvalue weighted by Crippen LogP contribution is 2.14. The molecule has 0 bridgehead atoms. The van der Waals surface area contributed by atoms with Crippen molar-refractivity contribution in [2.24, 2.45) is 0 Å². The van der Waals surface area contributed by atoms with E-state index in [9.17, 15) is 13.6 Å². The minimum absolute atomic E-state index is 0.0396. The molecule has 12 heavy (non-hydrogen) atoms. The number of rotatable bonds is 2. The molecule has 0 amide bonds. The molecule has 0 aliphatic rings. The summed E-state index contributed by atoms with van der Waals surface area (Å²) in [5.74, 6) is 0.0396. The number of nitrogens with zero attached hydrogens (tertiary/aromatic N) is 1. The molecule has 0 radical (unpaired) electrons. The highest BCUT2D eigenvalue weighted by molar-refractivity contribution is 5.23. The summed E-state index contributed by atoms with van der Waals surface area (Å²) in [4.78, 5) is 16.4. The maximum absolute atomic E-state index is 12.0. The maximum Gasteiger partial charge on any atom is 0.280 e. The van der Waals surface area contributed by atoms with Crippen molar-refractivity contribution in [3.05, 3.63) is 22.1 Å². The van der Waals surface area contributed by atoms with Crippen molar-refractivity contribution in [1.29, 1.82) is 0 Å². The molecule has 1 aromatic rings. The zero-order chi connectivity index (χ0) is 9.14. The molecule has 0 atom stereocenters. The Balaban J connectivity index is 3.15. The van der Waals surface area contributed by atoms with E-state index in [2.05, 4.69) is 15.3 Å². The first kappa shape index (κ1) is 8.63. The van der Waals surface area contributed by atoms with Gasteiger partial charge in [0.15, 0.2) is 0 Å². The molecule has 1 aromatic heterocycles. The molecule has 66 valence electrons. The first-order valence-electron chi connectivity index (χ1n) is 3.20. The fourth-order valence-corrected chi connectivity index (χ4v) is 0.707. The van der Waals surface area contributed by atoms with Crippen LogP contribution in [0.2, 0.25) is 0 Å². The molecule has 1 rings (SSSR count). The minimum atomic E-state index is -2.72. The number of nitrogens with one attached hydrogen (secondary N) is 2. The van der Waals surface area contributed by atoms with E-state index in [1.165, 1.54) is 7.05 Å². The smallest absolute Gasteiger partial charge is 0.280 e. The molecular formula is C6H7F2N3O. The monoisotopic (exact) mass is 175 g/mol. The molecule has 0 aliphatic carbocycles. The third kappa shape index (κ3) is 1.77. The van der Waals surface area contributed by atoms with Gasteiger partial charge in [0.2, 0.25) is 5.95 Å². The average molecular weight is 175 g/mol. The average Bonchev–Trinajstić information content (AvgIpc) is 2.03. The summed E-state index contributed by atoms with van der Waals surface area (Å²) < 4.78 is 24.0. The summed E-state index contributed by atoms with van der Waals surface area (Å²) >= 11 is 0. The molecule has 0 aliphatic heterocycles. The van der Waals surface area contributed by atoms with Crippen molar-refractivity contribution in [2.45, 2.75) is 6.43 Å². The summed E-state index contributed by atoms with van der Waals surface area (Å²) in [7, 11) is 1.48. The first-order chi connectivity index (χ1) is 5.63. The number of hydrogen-bond acceptors (Lipinski definition) is 3. The van der Waals surface area contributed by atoms with Crippen LogP contribution in [-0.2, 0) is 0 Å². The van der Waals surface area contributed by atoms with Crippen molar-refractivity contribution in [3.63, 3.8) is 0 Å². The van der Waals surface area contributed by atoms with Crippen LogP contribution in [0.15, 0.2) is 10.9 Å². The molecule has 0 unspecified atom stereocenters. The number of aromatic amines is 1. The second kappa shape index (κ2) is 3.29. The van der Waals surface area contributed by atoms with E-state index in [1.807, 2.05) is 0 Å². The van der Waals surface area contributed by atoms with E-state index in [-0.39, 0.29) is 5.95 Å². The summed E-state index contributed by atoms with van der Waals surface area (Å²) in [5, 5.41) is 2.46. The van der Waals surface area contributed by atoms with Gasteiger partial charge in [-0.25, -0.2) is 13.8 Å². The van der Waals surface area contributed by atoms with Crippen molar-refractivity contribution in [2.75, 3.05) is 12.4 Å². The molecule has 0 fully saturated rings. The van der Waals surface area contributed by atoms with Crippen LogP contribution in [0.1, 0.15) is 12.1 Å². The number of hydrogen-bond donors (Lipinski definition) is 2. The number of alkyl halides is 2. The predicted molar refractivity (Wildman–Crippen MR) is 39.4 cm³/mol. The highest BCUT2D eigenvalue weighted by Gasteiger charge is 2.10. The van der Waals surface area contributed by atoms with Gasteiger partial charge in [-0.15, -0.1) is 0 Å². The SMILES string of the molecule is CNc1nc(C(F)F)cc(=O)[nH]1. The minimum Gasteiger partial charge on any atom is -0.359 e. The van der Waals surface area contributed by atoms with E-state index < -0.39 is 17.7 Å². The van der Waals surface area contributed by atoms with Gasteiger partial charge in [0.05, 0.1) is 0 Å². The molecule has 0 aromatic carbocycles. The van der Waals surface area contributed by atoms with Gasteiger partial charge in [-0.1, -0.05) is 0 Å². The topological polar surface area (TPSA) is 57.8 Å². The van der Waals surface area contributed by atoms with Crippen LogP contribution in [-0.4, -0.2) is 17.0 Å². The lowest BCUT2D eigenvalue weighted by atomic mass is 10.4. The van der Waals surface area contributed by atoms with Gasteiger partial charge >= 0.3 is 0 Å². The van der Waals surface area contributed by atoms with Gasteiger partial charge in [-0.05, 0) is 0 Å². The zero-order valence-electron chi connectivity index (χ0n) is 6.27. The van der Waals surface area contributed by atoms with Gasteiger partial charge in [0.1, 0.15) is 5.69 Å². The molecule has 0 saturated heterocycles. The van der Waals surface area contributed by atoms with Crippen molar-refractivity contribution < 1.29 is 8.78 Å². The largest absolute Gasteiger partial charge is 0.359 e. The van der Waals surface area contributed by atoms with E-state index in [0.29, 0.717) is 0 Å². The highest BCUT2D eigenvalue weighted by atomic mass is 19.3. The second-order valence-corrected chi connectivity index (χ2v) is 2.07. The van der Waals surface area contributed by atoms with Crippen LogP contribution in [0.3, 0.4) is 0 Å². The Hall–Kier alpha value is -1.46. The summed E-state index contributed by atoms with van der Waals surface area (Å²) in [6.45, 7) is 0. The Labute approximate surface area is 66.6 Å². The Morgan fingerprint density at radius 3 is 2.83 bits per heavy atom. The summed E-state index contributed by atoms with van der Waals surface area (Å²) in [6.07, 6.45) is -2.72. The number of H-pyrrole nitrogens is 1. The molecule has 1 heterocycles. The van der Waals surface area contributed by atoms with E-state index in [1.54, 1.807) is 0 Å². The molecule has 6 heteroatoms. The quantitative estimate of drug-likeness (QED) is 0.697. The van der Waals surface area contributed by atoms with Crippen molar-refractivity contribution in [1.82, 2.24) is 9.97 Å². The number of halogens is 2. The van der Waals surface area contributed by atoms with E-state index in [0.717, 1.165) is 6.07 Å². The Bertz CT molecular complexity index is 323. The van der Waals surface area contributed by atoms with Crippen LogP contribution in [0.25, 0.3) is 0 Å². The lowest BCUT2D eigenvalue weighted by Gasteiger charge is -2.01. The van der Waals surface area contributed by atoms with Crippen LogP contribution < -0.4 is 10.9 Å². The Kier molecular flexibility index (Phi) is 2.37. The van der Waals surface area contributed by atoms with Crippen LogP contribution in [0.4, 0.5) is 14.7 Å². The number of aromatic nitrogens is 2. The first-order valence-corrected chi connectivity index (χ1v) is 3.20. The van der Waals surface area contributed by atoms with Crippen LogP contribution in [0, 0.1) is 0 Å².